The maximum absolute atomic E-state index is 4.06. The van der Waals surface area contributed by atoms with Gasteiger partial charge < -0.3 is 0 Å². The molecule has 0 nitrogen and oxygen atoms in total. The number of hydrogen-bond acceptors (Lipinski definition) is 0. The van der Waals surface area contributed by atoms with Gasteiger partial charge in [0.25, 0.3) is 0 Å². The Hall–Kier alpha value is -0.300. The van der Waals surface area contributed by atoms with Crippen molar-refractivity contribution >= 4 is 15.9 Å². The van der Waals surface area contributed by atoms with Gasteiger partial charge >= 0.3 is 0 Å². The van der Waals surface area contributed by atoms with Crippen molar-refractivity contribution in [1.29, 1.82) is 0 Å². The van der Waals surface area contributed by atoms with E-state index in [-0.39, 0.29) is 0 Å². The van der Waals surface area contributed by atoms with E-state index in [0.29, 0.717) is 4.83 Å². The maximum atomic E-state index is 4.06. The second-order valence-corrected chi connectivity index (χ2v) is 11.4. The van der Waals surface area contributed by atoms with E-state index >= 15 is 0 Å². The van der Waals surface area contributed by atoms with E-state index in [1.807, 2.05) is 0 Å². The summed E-state index contributed by atoms with van der Waals surface area (Å²) in [5, 5.41) is 0. The Bertz CT molecular complexity index is 546. The smallest absolute Gasteiger partial charge is 0.0214 e. The quantitative estimate of drug-likeness (QED) is 0.240. The van der Waals surface area contributed by atoms with Crippen molar-refractivity contribution in [3.8, 4) is 0 Å². The standard InChI is InChI=1S/C28H45Br/c1-3-5-6-8-23-9-15-25(16-10-23)26-17-13-24(14-18-26)21-28(29)27-19-11-22(7-4-2)12-20-27/h13-14,17-18,22-23,25,27-28H,3-12,15-16,19-21H2,1-2H3. The zero-order chi connectivity index (χ0) is 20.5. The van der Waals surface area contributed by atoms with Crippen molar-refractivity contribution in [3.63, 3.8) is 0 Å². The Morgan fingerprint density at radius 3 is 2.00 bits per heavy atom. The maximum Gasteiger partial charge on any atom is 0.0214 e. The summed E-state index contributed by atoms with van der Waals surface area (Å²) in [5.74, 6) is 3.72. The molecule has 3 rings (SSSR count). The van der Waals surface area contributed by atoms with Crippen LogP contribution in [0.15, 0.2) is 24.3 Å². The van der Waals surface area contributed by atoms with Crippen molar-refractivity contribution in [2.24, 2.45) is 17.8 Å². The molecule has 1 unspecified atom stereocenters. The predicted octanol–water partition coefficient (Wildman–Crippen LogP) is 9.45. The Morgan fingerprint density at radius 1 is 0.759 bits per heavy atom. The Morgan fingerprint density at radius 2 is 1.38 bits per heavy atom. The number of rotatable bonds is 10. The minimum atomic E-state index is 0.662. The van der Waals surface area contributed by atoms with Gasteiger partial charge in [0.1, 0.15) is 0 Å². The lowest BCUT2D eigenvalue weighted by Gasteiger charge is -2.31. The monoisotopic (exact) mass is 460 g/mol. The van der Waals surface area contributed by atoms with Gasteiger partial charge in [-0.15, -0.1) is 0 Å². The Labute approximate surface area is 189 Å². The van der Waals surface area contributed by atoms with Crippen molar-refractivity contribution in [2.45, 2.75) is 121 Å². The molecule has 0 radical (unpaired) electrons. The van der Waals surface area contributed by atoms with Crippen LogP contribution in [0.1, 0.15) is 121 Å². The van der Waals surface area contributed by atoms with Gasteiger partial charge in [-0.2, -0.15) is 0 Å². The van der Waals surface area contributed by atoms with Crippen LogP contribution in [0.3, 0.4) is 0 Å². The van der Waals surface area contributed by atoms with E-state index in [9.17, 15) is 0 Å². The molecular formula is C28H45Br. The number of halogens is 1. The summed E-state index contributed by atoms with van der Waals surface area (Å²) < 4.78 is 0. The largest absolute Gasteiger partial charge is 0.0884 e. The molecule has 164 valence electrons. The zero-order valence-corrected chi connectivity index (χ0v) is 20.8. The molecule has 0 spiro atoms. The third-order valence-corrected chi connectivity index (χ3v) is 9.12. The molecule has 0 amide bonds. The first-order valence-electron chi connectivity index (χ1n) is 12.9. The van der Waals surface area contributed by atoms with Crippen LogP contribution in [-0.2, 0) is 6.42 Å². The van der Waals surface area contributed by atoms with E-state index in [1.54, 1.807) is 5.56 Å². The fourth-order valence-corrected chi connectivity index (χ4v) is 6.93. The highest BCUT2D eigenvalue weighted by Gasteiger charge is 2.26. The SMILES string of the molecule is CCCCCC1CCC(c2ccc(CC(Br)C3CCC(CCC)CC3)cc2)CC1. The number of alkyl halides is 1. The summed E-state index contributed by atoms with van der Waals surface area (Å²) in [6.45, 7) is 4.65. The van der Waals surface area contributed by atoms with Crippen LogP contribution in [0.2, 0.25) is 0 Å². The highest BCUT2D eigenvalue weighted by atomic mass is 79.9. The molecule has 0 bridgehead atoms. The van der Waals surface area contributed by atoms with E-state index in [4.69, 9.17) is 0 Å². The molecule has 1 aromatic rings. The van der Waals surface area contributed by atoms with Crippen molar-refractivity contribution in [1.82, 2.24) is 0 Å². The molecule has 29 heavy (non-hydrogen) atoms. The summed E-state index contributed by atoms with van der Waals surface area (Å²) in [4.78, 5) is 0.662. The minimum absolute atomic E-state index is 0.662. The minimum Gasteiger partial charge on any atom is -0.0884 e. The average molecular weight is 462 g/mol. The number of benzene rings is 1. The molecule has 2 saturated carbocycles. The van der Waals surface area contributed by atoms with E-state index in [2.05, 4.69) is 54.0 Å². The van der Waals surface area contributed by atoms with Crippen LogP contribution < -0.4 is 0 Å². The fourth-order valence-electron chi connectivity index (χ4n) is 6.03. The molecule has 2 aliphatic rings. The van der Waals surface area contributed by atoms with Crippen LogP contribution >= 0.6 is 15.9 Å². The molecule has 0 aliphatic heterocycles. The molecule has 0 saturated heterocycles. The zero-order valence-electron chi connectivity index (χ0n) is 19.2. The molecule has 2 fully saturated rings. The van der Waals surface area contributed by atoms with E-state index in [0.717, 1.165) is 23.7 Å². The first kappa shape index (κ1) is 23.4. The summed E-state index contributed by atoms with van der Waals surface area (Å²) in [6, 6.07) is 9.77. The third kappa shape index (κ3) is 7.41. The highest BCUT2D eigenvalue weighted by Crippen LogP contribution is 2.39. The van der Waals surface area contributed by atoms with E-state index in [1.165, 1.54) is 102 Å². The predicted molar refractivity (Wildman–Crippen MR) is 132 cm³/mol. The first-order chi connectivity index (χ1) is 14.2. The van der Waals surface area contributed by atoms with Crippen LogP contribution in [-0.4, -0.2) is 4.83 Å². The second kappa shape index (κ2) is 12.5. The molecule has 0 aromatic heterocycles. The summed E-state index contributed by atoms with van der Waals surface area (Å²) >= 11 is 4.06. The molecule has 2 aliphatic carbocycles. The van der Waals surface area contributed by atoms with Gasteiger partial charge in [-0.1, -0.05) is 105 Å². The molecule has 1 heteroatoms. The Balaban J connectivity index is 1.41. The summed E-state index contributed by atoms with van der Waals surface area (Å²) in [5.41, 5.74) is 3.13. The highest BCUT2D eigenvalue weighted by molar-refractivity contribution is 9.09. The van der Waals surface area contributed by atoms with Crippen LogP contribution in [0.5, 0.6) is 0 Å². The van der Waals surface area contributed by atoms with Crippen molar-refractivity contribution < 1.29 is 0 Å². The molecule has 0 N–H and O–H groups in total. The number of hydrogen-bond donors (Lipinski definition) is 0. The van der Waals surface area contributed by atoms with Crippen LogP contribution in [0.25, 0.3) is 0 Å². The normalized spacial score (nSPS) is 28.9. The Kier molecular flexibility index (Phi) is 10.1. The third-order valence-electron chi connectivity index (χ3n) is 8.04. The molecule has 1 atom stereocenters. The summed E-state index contributed by atoms with van der Waals surface area (Å²) in [7, 11) is 0. The van der Waals surface area contributed by atoms with Gasteiger partial charge in [0, 0.05) is 4.83 Å². The van der Waals surface area contributed by atoms with Gasteiger partial charge in [-0.3, -0.25) is 0 Å². The lowest BCUT2D eigenvalue weighted by Crippen LogP contribution is -2.23. The van der Waals surface area contributed by atoms with Gasteiger partial charge in [0.15, 0.2) is 0 Å². The van der Waals surface area contributed by atoms with Gasteiger partial charge in [0.2, 0.25) is 0 Å². The molecular weight excluding hydrogens is 416 g/mol. The first-order valence-corrected chi connectivity index (χ1v) is 13.8. The van der Waals surface area contributed by atoms with E-state index < -0.39 is 0 Å². The van der Waals surface area contributed by atoms with Crippen molar-refractivity contribution in [3.05, 3.63) is 35.4 Å². The van der Waals surface area contributed by atoms with Crippen molar-refractivity contribution in [2.75, 3.05) is 0 Å². The summed E-state index contributed by atoms with van der Waals surface area (Å²) in [6.07, 6.45) is 21.3. The van der Waals surface area contributed by atoms with Gasteiger partial charge in [-0.25, -0.2) is 0 Å². The lowest BCUT2D eigenvalue weighted by molar-refractivity contribution is 0.258. The molecule has 0 heterocycles. The average Bonchev–Trinajstić information content (AvgIpc) is 2.76. The van der Waals surface area contributed by atoms with Gasteiger partial charge in [0.05, 0.1) is 0 Å². The fraction of sp³-hybridized carbons (Fsp3) is 0.786. The van der Waals surface area contributed by atoms with Crippen LogP contribution in [0, 0.1) is 17.8 Å². The molecule has 1 aromatic carbocycles. The number of unbranched alkanes of at least 4 members (excludes halogenated alkanes) is 2. The topological polar surface area (TPSA) is 0 Å². The van der Waals surface area contributed by atoms with Gasteiger partial charge in [-0.05, 0) is 79.7 Å². The lowest BCUT2D eigenvalue weighted by atomic mass is 9.76. The second-order valence-electron chi connectivity index (χ2n) is 10.2. The van der Waals surface area contributed by atoms with Crippen LogP contribution in [0.4, 0.5) is 0 Å².